The molecule has 1 atom stereocenters. The quantitative estimate of drug-likeness (QED) is 0.451. The highest BCUT2D eigenvalue weighted by Gasteiger charge is 2.34. The monoisotopic (exact) mass is 466 g/mol. The first-order chi connectivity index (χ1) is 15.1. The zero-order chi connectivity index (χ0) is 23.9. The second kappa shape index (κ2) is 10.8. The summed E-state index contributed by atoms with van der Waals surface area (Å²) in [6, 6.07) is 9.20. The Labute approximate surface area is 184 Å². The van der Waals surface area contributed by atoms with Crippen LogP contribution in [0.15, 0.2) is 60.5 Å². The smallest absolute Gasteiger partial charge is 0.257 e. The van der Waals surface area contributed by atoms with Gasteiger partial charge in [0, 0.05) is 18.7 Å². The van der Waals surface area contributed by atoms with Gasteiger partial charge in [-0.25, -0.2) is 26.3 Å². The molecular formula is C22H21F3N2O4S. The van der Waals surface area contributed by atoms with E-state index in [1.165, 1.54) is 19.1 Å². The Morgan fingerprint density at radius 1 is 1.12 bits per heavy atom. The first-order valence-electron chi connectivity index (χ1n) is 9.46. The SMILES string of the molecule is C=CCC(C(=O)NS(=O)(=O)C=Cc1ccccc1)C(=O)N(CC)c1c(F)cc(F)cc1F. The van der Waals surface area contributed by atoms with Crippen LogP contribution in [0.1, 0.15) is 18.9 Å². The predicted molar refractivity (Wildman–Crippen MR) is 115 cm³/mol. The van der Waals surface area contributed by atoms with Gasteiger partial charge in [-0.15, -0.1) is 6.58 Å². The van der Waals surface area contributed by atoms with Gasteiger partial charge in [-0.3, -0.25) is 9.59 Å². The van der Waals surface area contributed by atoms with Gasteiger partial charge < -0.3 is 4.90 Å². The van der Waals surface area contributed by atoms with Gasteiger partial charge in [0.05, 0.1) is 5.41 Å². The van der Waals surface area contributed by atoms with Crippen molar-refractivity contribution in [1.82, 2.24) is 4.72 Å². The largest absolute Gasteiger partial charge is 0.307 e. The summed E-state index contributed by atoms with van der Waals surface area (Å²) in [5.41, 5.74) is -0.281. The van der Waals surface area contributed by atoms with E-state index in [9.17, 15) is 31.2 Å². The second-order valence-electron chi connectivity index (χ2n) is 6.60. The molecule has 0 saturated carbocycles. The minimum atomic E-state index is -4.28. The maximum atomic E-state index is 14.2. The summed E-state index contributed by atoms with van der Waals surface area (Å²) in [6.45, 7) is 4.56. The molecule has 170 valence electrons. The van der Waals surface area contributed by atoms with Crippen LogP contribution in [-0.4, -0.2) is 26.8 Å². The van der Waals surface area contributed by atoms with Gasteiger partial charge >= 0.3 is 0 Å². The zero-order valence-electron chi connectivity index (χ0n) is 17.1. The lowest BCUT2D eigenvalue weighted by atomic mass is 10.0. The van der Waals surface area contributed by atoms with Crippen molar-refractivity contribution in [2.45, 2.75) is 13.3 Å². The van der Waals surface area contributed by atoms with Crippen LogP contribution in [0.4, 0.5) is 18.9 Å². The average Bonchev–Trinajstić information content (AvgIpc) is 2.73. The fourth-order valence-electron chi connectivity index (χ4n) is 2.87. The van der Waals surface area contributed by atoms with Crippen LogP contribution in [0.2, 0.25) is 0 Å². The number of benzene rings is 2. The van der Waals surface area contributed by atoms with Crippen molar-refractivity contribution in [1.29, 1.82) is 0 Å². The number of sulfonamides is 1. The van der Waals surface area contributed by atoms with Crippen LogP contribution in [0.5, 0.6) is 0 Å². The number of anilines is 1. The molecule has 32 heavy (non-hydrogen) atoms. The molecule has 0 spiro atoms. The van der Waals surface area contributed by atoms with Crippen molar-refractivity contribution in [3.8, 4) is 0 Å². The maximum absolute atomic E-state index is 14.2. The number of allylic oxidation sites excluding steroid dienone is 1. The van der Waals surface area contributed by atoms with Gasteiger partial charge in [0.15, 0.2) is 11.6 Å². The fourth-order valence-corrected chi connectivity index (χ4v) is 3.70. The van der Waals surface area contributed by atoms with Gasteiger partial charge in [-0.05, 0) is 25.0 Å². The number of carbonyl (C=O) groups excluding carboxylic acids is 2. The Hall–Kier alpha value is -3.40. The van der Waals surface area contributed by atoms with E-state index in [2.05, 4.69) is 6.58 Å². The van der Waals surface area contributed by atoms with Crippen LogP contribution >= 0.6 is 0 Å². The van der Waals surface area contributed by atoms with E-state index in [1.54, 1.807) is 35.1 Å². The third-order valence-electron chi connectivity index (χ3n) is 4.33. The van der Waals surface area contributed by atoms with Crippen molar-refractivity contribution in [2.75, 3.05) is 11.4 Å². The van der Waals surface area contributed by atoms with Crippen molar-refractivity contribution >= 4 is 33.6 Å². The highest BCUT2D eigenvalue weighted by Crippen LogP contribution is 2.27. The number of rotatable bonds is 9. The Morgan fingerprint density at radius 3 is 2.25 bits per heavy atom. The zero-order valence-corrected chi connectivity index (χ0v) is 17.9. The first kappa shape index (κ1) is 24.9. The van der Waals surface area contributed by atoms with E-state index in [4.69, 9.17) is 0 Å². The molecule has 2 amide bonds. The van der Waals surface area contributed by atoms with Crippen LogP contribution in [0.3, 0.4) is 0 Å². The molecule has 0 aliphatic rings. The topological polar surface area (TPSA) is 83.5 Å². The van der Waals surface area contributed by atoms with Crippen molar-refractivity contribution in [3.05, 3.63) is 83.5 Å². The highest BCUT2D eigenvalue weighted by molar-refractivity contribution is 7.93. The molecule has 0 fully saturated rings. The molecule has 0 aliphatic heterocycles. The first-order valence-corrected chi connectivity index (χ1v) is 11.0. The summed E-state index contributed by atoms with van der Waals surface area (Å²) in [4.78, 5) is 26.2. The fraction of sp³-hybridized carbons (Fsp3) is 0.182. The van der Waals surface area contributed by atoms with Crippen LogP contribution in [0.25, 0.3) is 6.08 Å². The highest BCUT2D eigenvalue weighted by atomic mass is 32.2. The number of amides is 2. The van der Waals surface area contributed by atoms with Gasteiger partial charge in [-0.1, -0.05) is 36.4 Å². The summed E-state index contributed by atoms with van der Waals surface area (Å²) >= 11 is 0. The molecule has 6 nitrogen and oxygen atoms in total. The molecule has 0 bridgehead atoms. The predicted octanol–water partition coefficient (Wildman–Crippen LogP) is 3.77. The second-order valence-corrected chi connectivity index (χ2v) is 8.17. The molecule has 0 radical (unpaired) electrons. The molecule has 0 heterocycles. The number of hydrogen-bond donors (Lipinski definition) is 1. The Kier molecular flexibility index (Phi) is 8.36. The van der Waals surface area contributed by atoms with E-state index in [1.807, 2.05) is 0 Å². The number of halogens is 3. The molecule has 0 aliphatic carbocycles. The molecule has 0 saturated heterocycles. The lowest BCUT2D eigenvalue weighted by Gasteiger charge is -2.26. The van der Waals surface area contributed by atoms with Crippen molar-refractivity contribution in [2.24, 2.45) is 5.92 Å². The lowest BCUT2D eigenvalue weighted by molar-refractivity contribution is -0.132. The number of nitrogens with one attached hydrogen (secondary N) is 1. The Morgan fingerprint density at radius 2 is 1.72 bits per heavy atom. The van der Waals surface area contributed by atoms with Gasteiger partial charge in [-0.2, -0.15) is 0 Å². The van der Waals surface area contributed by atoms with E-state index in [0.29, 0.717) is 22.6 Å². The van der Waals surface area contributed by atoms with Crippen molar-refractivity contribution < 1.29 is 31.2 Å². The van der Waals surface area contributed by atoms with E-state index < -0.39 is 50.9 Å². The van der Waals surface area contributed by atoms with Crippen LogP contribution < -0.4 is 9.62 Å². The summed E-state index contributed by atoms with van der Waals surface area (Å²) < 4.78 is 67.9. The molecule has 2 rings (SSSR count). The standard InChI is InChI=1S/C22H21F3N2O4S/c1-3-8-17(21(28)26-32(30,31)12-11-15-9-6-5-7-10-15)22(29)27(4-2)20-18(24)13-16(23)14-19(20)25/h3,5-7,9-14,17H,1,4,8H2,2H3,(H,26,28). The minimum Gasteiger partial charge on any atom is -0.307 e. The average molecular weight is 466 g/mol. The normalized spacial score (nSPS) is 12.4. The Bertz CT molecular complexity index is 1110. The van der Waals surface area contributed by atoms with Gasteiger partial charge in [0.2, 0.25) is 11.8 Å². The lowest BCUT2D eigenvalue weighted by Crippen LogP contribution is -2.45. The number of hydrogen-bond acceptors (Lipinski definition) is 4. The third kappa shape index (κ3) is 6.30. The summed E-state index contributed by atoms with van der Waals surface area (Å²) in [6.07, 6.45) is 2.14. The van der Waals surface area contributed by atoms with Gasteiger partial charge in [0.1, 0.15) is 17.4 Å². The van der Waals surface area contributed by atoms with Crippen LogP contribution in [-0.2, 0) is 19.6 Å². The van der Waals surface area contributed by atoms with Crippen molar-refractivity contribution in [3.63, 3.8) is 0 Å². The molecule has 2 aromatic rings. The Balaban J connectivity index is 2.29. The van der Waals surface area contributed by atoms with E-state index >= 15 is 0 Å². The molecule has 2 aromatic carbocycles. The maximum Gasteiger partial charge on any atom is 0.257 e. The molecule has 1 N–H and O–H groups in total. The minimum absolute atomic E-state index is 0.264. The molecule has 10 heteroatoms. The summed E-state index contributed by atoms with van der Waals surface area (Å²) in [5, 5.41) is 0.757. The van der Waals surface area contributed by atoms with Crippen LogP contribution in [0, 0.1) is 23.4 Å². The summed E-state index contributed by atoms with van der Waals surface area (Å²) in [7, 11) is -4.28. The molecular weight excluding hydrogens is 445 g/mol. The number of carbonyl (C=O) groups is 2. The molecule has 0 aromatic heterocycles. The van der Waals surface area contributed by atoms with Gasteiger partial charge in [0.25, 0.3) is 10.0 Å². The third-order valence-corrected chi connectivity index (χ3v) is 5.31. The van der Waals surface area contributed by atoms with E-state index in [0.717, 1.165) is 5.41 Å². The summed E-state index contributed by atoms with van der Waals surface area (Å²) in [5.74, 6) is -7.77. The molecule has 1 unspecified atom stereocenters. The van der Waals surface area contributed by atoms with E-state index in [-0.39, 0.29) is 13.0 Å². The number of nitrogens with zero attached hydrogens (tertiary/aromatic N) is 1.